The van der Waals surface area contributed by atoms with E-state index in [1.165, 1.54) is 38.3 Å². The summed E-state index contributed by atoms with van der Waals surface area (Å²) in [4.78, 5) is 0. The van der Waals surface area contributed by atoms with Crippen LogP contribution in [0.1, 0.15) is 11.1 Å². The van der Waals surface area contributed by atoms with E-state index < -0.39 is 0 Å². The van der Waals surface area contributed by atoms with Crippen molar-refractivity contribution >= 4 is 27.2 Å². The molecule has 19 heavy (non-hydrogen) atoms. The van der Waals surface area contributed by atoms with Gasteiger partial charge in [0.05, 0.1) is 11.0 Å². The van der Waals surface area contributed by atoms with E-state index >= 15 is 0 Å². The van der Waals surface area contributed by atoms with Crippen molar-refractivity contribution in [3.63, 3.8) is 0 Å². The van der Waals surface area contributed by atoms with Crippen molar-refractivity contribution in [3.8, 4) is 0 Å². The van der Waals surface area contributed by atoms with E-state index in [1.807, 2.05) is 0 Å². The molecular formula is C18H15N. The maximum atomic E-state index is 2.31. The molecule has 0 amide bonds. The summed E-state index contributed by atoms with van der Waals surface area (Å²) in [5.41, 5.74) is 5.19. The van der Waals surface area contributed by atoms with Gasteiger partial charge in [-0.3, -0.25) is 0 Å². The minimum Gasteiger partial charge on any atom is -0.316 e. The summed E-state index contributed by atoms with van der Waals surface area (Å²) >= 11 is 0. The van der Waals surface area contributed by atoms with Crippen LogP contribution >= 0.6 is 0 Å². The molecule has 0 aliphatic carbocycles. The second-order valence-electron chi connectivity index (χ2n) is 5.34. The smallest absolute Gasteiger partial charge is 0.0537 e. The van der Waals surface area contributed by atoms with Crippen LogP contribution in [-0.4, -0.2) is 4.40 Å². The Hall–Kier alpha value is -2.28. The van der Waals surface area contributed by atoms with Gasteiger partial charge in [-0.25, -0.2) is 0 Å². The first kappa shape index (κ1) is 10.6. The quantitative estimate of drug-likeness (QED) is 0.390. The number of rotatable bonds is 0. The molecule has 1 nitrogen and oxygen atoms in total. The highest BCUT2D eigenvalue weighted by atomic mass is 14.9. The third kappa shape index (κ3) is 1.42. The maximum Gasteiger partial charge on any atom is 0.0537 e. The average molecular weight is 245 g/mol. The van der Waals surface area contributed by atoms with E-state index in [0.29, 0.717) is 0 Å². The molecule has 4 aromatic rings. The topological polar surface area (TPSA) is 4.41 Å². The standard InChI is InChI=1S/C18H15N/c1-12-7-8-17-16(9-12)14-5-3-4-6-15(14)18-10-13(2)11-19(17)18/h3-11H,1-2H3. The van der Waals surface area contributed by atoms with Gasteiger partial charge in [0.25, 0.3) is 0 Å². The van der Waals surface area contributed by atoms with E-state index in [-0.39, 0.29) is 0 Å². The molecule has 0 aliphatic heterocycles. The predicted molar refractivity (Wildman–Crippen MR) is 81.9 cm³/mol. The van der Waals surface area contributed by atoms with Crippen LogP contribution in [-0.2, 0) is 0 Å². The lowest BCUT2D eigenvalue weighted by Gasteiger charge is -2.09. The Kier molecular flexibility index (Phi) is 2.02. The number of nitrogens with zero attached hydrogens (tertiary/aromatic N) is 1. The molecule has 4 rings (SSSR count). The van der Waals surface area contributed by atoms with Crippen LogP contribution < -0.4 is 0 Å². The second kappa shape index (κ2) is 3.61. The Labute approximate surface area is 112 Å². The summed E-state index contributed by atoms with van der Waals surface area (Å²) in [6, 6.07) is 17.6. The molecule has 0 saturated heterocycles. The molecule has 0 aliphatic rings. The number of hydrogen-bond donors (Lipinski definition) is 0. The summed E-state index contributed by atoms with van der Waals surface area (Å²) in [5.74, 6) is 0. The molecule has 0 fully saturated rings. The summed E-state index contributed by atoms with van der Waals surface area (Å²) in [5, 5.41) is 4.00. The van der Waals surface area contributed by atoms with Gasteiger partial charge in [-0.05, 0) is 43.0 Å². The number of fused-ring (bicyclic) bond motifs is 6. The van der Waals surface area contributed by atoms with Crippen LogP contribution in [0.2, 0.25) is 0 Å². The van der Waals surface area contributed by atoms with Gasteiger partial charge in [0.15, 0.2) is 0 Å². The Morgan fingerprint density at radius 1 is 0.684 bits per heavy atom. The molecule has 0 N–H and O–H groups in total. The molecule has 0 atom stereocenters. The summed E-state index contributed by atoms with van der Waals surface area (Å²) in [6.45, 7) is 4.31. The van der Waals surface area contributed by atoms with Gasteiger partial charge >= 0.3 is 0 Å². The minimum atomic E-state index is 1.28. The van der Waals surface area contributed by atoms with Crippen molar-refractivity contribution in [1.29, 1.82) is 0 Å². The van der Waals surface area contributed by atoms with Crippen LogP contribution in [0.5, 0.6) is 0 Å². The molecule has 2 heterocycles. The molecule has 0 spiro atoms. The van der Waals surface area contributed by atoms with Crippen LogP contribution in [0, 0.1) is 13.8 Å². The summed E-state index contributed by atoms with van der Waals surface area (Å²) in [6.07, 6.45) is 2.22. The van der Waals surface area contributed by atoms with Crippen molar-refractivity contribution in [3.05, 3.63) is 65.9 Å². The Balaban J connectivity index is 2.42. The zero-order valence-electron chi connectivity index (χ0n) is 11.1. The zero-order chi connectivity index (χ0) is 13.0. The van der Waals surface area contributed by atoms with Gasteiger partial charge in [-0.2, -0.15) is 0 Å². The van der Waals surface area contributed by atoms with Crippen molar-refractivity contribution in [2.75, 3.05) is 0 Å². The highest BCUT2D eigenvalue weighted by molar-refractivity contribution is 6.12. The van der Waals surface area contributed by atoms with Gasteiger partial charge in [-0.1, -0.05) is 35.9 Å². The second-order valence-corrected chi connectivity index (χ2v) is 5.34. The van der Waals surface area contributed by atoms with Crippen LogP contribution in [0.15, 0.2) is 54.7 Å². The number of benzene rings is 2. The van der Waals surface area contributed by atoms with Gasteiger partial charge in [0.2, 0.25) is 0 Å². The first-order valence-electron chi connectivity index (χ1n) is 6.64. The van der Waals surface area contributed by atoms with Crippen molar-refractivity contribution in [2.24, 2.45) is 0 Å². The maximum absolute atomic E-state index is 2.31. The Morgan fingerprint density at radius 2 is 1.47 bits per heavy atom. The number of hydrogen-bond acceptors (Lipinski definition) is 0. The summed E-state index contributed by atoms with van der Waals surface area (Å²) in [7, 11) is 0. The lowest BCUT2D eigenvalue weighted by Crippen LogP contribution is -1.89. The van der Waals surface area contributed by atoms with Crippen molar-refractivity contribution in [1.82, 2.24) is 4.40 Å². The van der Waals surface area contributed by atoms with E-state index in [9.17, 15) is 0 Å². The molecule has 1 heteroatoms. The predicted octanol–water partition coefficient (Wildman–Crippen LogP) is 4.86. The van der Waals surface area contributed by atoms with Crippen LogP contribution in [0.4, 0.5) is 0 Å². The van der Waals surface area contributed by atoms with Crippen molar-refractivity contribution < 1.29 is 0 Å². The van der Waals surface area contributed by atoms with Crippen LogP contribution in [0.3, 0.4) is 0 Å². The molecule has 2 aromatic carbocycles. The highest BCUT2D eigenvalue weighted by Gasteiger charge is 2.08. The molecular weight excluding hydrogens is 230 g/mol. The largest absolute Gasteiger partial charge is 0.316 e. The molecule has 0 bridgehead atoms. The number of aromatic nitrogens is 1. The zero-order valence-corrected chi connectivity index (χ0v) is 11.1. The molecule has 0 unspecified atom stereocenters. The van der Waals surface area contributed by atoms with Gasteiger partial charge < -0.3 is 4.40 Å². The van der Waals surface area contributed by atoms with Gasteiger partial charge in [0.1, 0.15) is 0 Å². The first-order chi connectivity index (χ1) is 9.24. The third-order valence-electron chi connectivity index (χ3n) is 3.86. The van der Waals surface area contributed by atoms with E-state index in [0.717, 1.165) is 0 Å². The van der Waals surface area contributed by atoms with Gasteiger partial charge in [-0.15, -0.1) is 0 Å². The molecule has 0 radical (unpaired) electrons. The third-order valence-corrected chi connectivity index (χ3v) is 3.86. The Bertz CT molecular complexity index is 929. The number of pyridine rings is 1. The van der Waals surface area contributed by atoms with Gasteiger partial charge in [0, 0.05) is 17.0 Å². The molecule has 0 saturated carbocycles. The lowest BCUT2D eigenvalue weighted by molar-refractivity contribution is 1.26. The summed E-state index contributed by atoms with van der Waals surface area (Å²) < 4.78 is 2.31. The monoisotopic (exact) mass is 245 g/mol. The van der Waals surface area contributed by atoms with Crippen molar-refractivity contribution in [2.45, 2.75) is 13.8 Å². The number of aryl methyl sites for hydroxylation is 2. The van der Waals surface area contributed by atoms with E-state index in [4.69, 9.17) is 0 Å². The lowest BCUT2D eigenvalue weighted by atomic mass is 10.0. The fraction of sp³-hybridized carbons (Fsp3) is 0.111. The molecule has 92 valence electrons. The van der Waals surface area contributed by atoms with E-state index in [1.54, 1.807) is 0 Å². The normalized spacial score (nSPS) is 11.7. The highest BCUT2D eigenvalue weighted by Crippen LogP contribution is 2.31. The first-order valence-corrected chi connectivity index (χ1v) is 6.64. The van der Waals surface area contributed by atoms with Crippen LogP contribution in [0.25, 0.3) is 27.2 Å². The average Bonchev–Trinajstić information content (AvgIpc) is 2.81. The Morgan fingerprint density at radius 3 is 2.32 bits per heavy atom. The fourth-order valence-electron chi connectivity index (χ4n) is 3.02. The van der Waals surface area contributed by atoms with E-state index in [2.05, 4.69) is 73.0 Å². The fourth-order valence-corrected chi connectivity index (χ4v) is 3.02. The molecule has 2 aromatic heterocycles. The SMILES string of the molecule is Cc1ccc2c(c1)c1ccccc1c1cc(C)cn21. The minimum absolute atomic E-state index is 1.28.